The summed E-state index contributed by atoms with van der Waals surface area (Å²) in [6.07, 6.45) is 2.90. The molecule has 1 aromatic rings. The highest BCUT2D eigenvalue weighted by atomic mass is 16.6. The number of aliphatic imine (C=N–C) groups is 1. The van der Waals surface area contributed by atoms with Crippen molar-refractivity contribution < 1.29 is 14.5 Å². The zero-order valence-electron chi connectivity index (χ0n) is 8.99. The van der Waals surface area contributed by atoms with Gasteiger partial charge in [0.15, 0.2) is 5.94 Å². The van der Waals surface area contributed by atoms with E-state index in [0.717, 1.165) is 0 Å². The molecular formula is C11H7N3O4. The summed E-state index contributed by atoms with van der Waals surface area (Å²) in [5.41, 5.74) is -0.0250. The topological polar surface area (TPSA) is 93.8 Å². The number of allylic oxidation sites excluding steroid dienone is 1. The predicted octanol–water partition coefficient (Wildman–Crippen LogP) is 1.16. The Balaban J connectivity index is 2.10. The number of nitrogens with one attached hydrogen (secondary N) is 1. The third-order valence-corrected chi connectivity index (χ3v) is 2.04. The van der Waals surface area contributed by atoms with E-state index in [1.807, 2.05) is 0 Å². The van der Waals surface area contributed by atoms with E-state index in [1.165, 1.54) is 36.6 Å². The van der Waals surface area contributed by atoms with Gasteiger partial charge in [-0.25, -0.2) is 9.79 Å². The second-order valence-electron chi connectivity index (χ2n) is 3.24. The maximum Gasteiger partial charge on any atom is 0.269 e. The summed E-state index contributed by atoms with van der Waals surface area (Å²) >= 11 is 0. The van der Waals surface area contributed by atoms with E-state index in [2.05, 4.69) is 10.3 Å². The molecule has 0 aromatic heterocycles. The van der Waals surface area contributed by atoms with E-state index in [1.54, 1.807) is 5.94 Å². The van der Waals surface area contributed by atoms with Crippen molar-refractivity contribution in [2.45, 2.75) is 0 Å². The molecule has 1 aliphatic rings. The van der Waals surface area contributed by atoms with Gasteiger partial charge in [-0.15, -0.1) is 0 Å². The average molecular weight is 245 g/mol. The van der Waals surface area contributed by atoms with Crippen LogP contribution >= 0.6 is 0 Å². The van der Waals surface area contributed by atoms with Gasteiger partial charge in [-0.2, -0.15) is 0 Å². The van der Waals surface area contributed by atoms with Crippen LogP contribution in [0, 0.1) is 10.1 Å². The summed E-state index contributed by atoms with van der Waals surface area (Å²) in [5.74, 6) is 2.29. The lowest BCUT2D eigenvalue weighted by atomic mass is 10.3. The maximum absolute atomic E-state index is 10.5. The van der Waals surface area contributed by atoms with Crippen molar-refractivity contribution in [3.63, 3.8) is 0 Å². The van der Waals surface area contributed by atoms with Crippen LogP contribution < -0.4 is 10.1 Å². The third-order valence-electron chi connectivity index (χ3n) is 2.04. The normalized spacial score (nSPS) is 13.3. The Labute approximate surface area is 101 Å². The SMILES string of the molecule is O=C=C1N=CC=C(Oc2ccc([N+](=O)[O-])cc2)N1. The van der Waals surface area contributed by atoms with Crippen LogP contribution in [-0.4, -0.2) is 17.1 Å². The summed E-state index contributed by atoms with van der Waals surface area (Å²) in [5, 5.41) is 13.1. The molecule has 0 bridgehead atoms. The molecule has 90 valence electrons. The Morgan fingerprint density at radius 3 is 2.67 bits per heavy atom. The van der Waals surface area contributed by atoms with Gasteiger partial charge in [0.25, 0.3) is 5.69 Å². The summed E-state index contributed by atoms with van der Waals surface area (Å²) in [6, 6.07) is 5.56. The first-order valence-electron chi connectivity index (χ1n) is 4.88. The number of rotatable bonds is 3. The van der Waals surface area contributed by atoms with Crippen LogP contribution in [0.1, 0.15) is 0 Å². The molecule has 0 saturated carbocycles. The summed E-state index contributed by atoms with van der Waals surface area (Å²) in [4.78, 5) is 24.0. The minimum absolute atomic E-state index is 0.00871. The summed E-state index contributed by atoms with van der Waals surface area (Å²) in [7, 11) is 0. The molecule has 1 N–H and O–H groups in total. The fraction of sp³-hybridized carbons (Fsp3) is 0. The Bertz CT molecular complexity index is 583. The first-order chi connectivity index (χ1) is 8.69. The number of carbonyl (C=O) groups excluding carboxylic acids is 1. The fourth-order valence-corrected chi connectivity index (χ4v) is 1.24. The lowest BCUT2D eigenvalue weighted by Gasteiger charge is -2.12. The molecule has 0 unspecified atom stereocenters. The highest BCUT2D eigenvalue weighted by Crippen LogP contribution is 2.19. The van der Waals surface area contributed by atoms with Crippen molar-refractivity contribution in [1.82, 2.24) is 5.32 Å². The molecule has 1 aromatic carbocycles. The molecule has 7 heteroatoms. The number of nitro groups is 1. The van der Waals surface area contributed by atoms with Crippen LogP contribution in [-0.2, 0) is 4.79 Å². The molecule has 0 spiro atoms. The van der Waals surface area contributed by atoms with Crippen molar-refractivity contribution in [2.75, 3.05) is 0 Å². The van der Waals surface area contributed by atoms with Gasteiger partial charge in [0, 0.05) is 24.4 Å². The number of non-ortho nitro benzene ring substituents is 1. The van der Waals surface area contributed by atoms with Crippen molar-refractivity contribution in [3.8, 4) is 5.75 Å². The number of nitro benzene ring substituents is 1. The van der Waals surface area contributed by atoms with Gasteiger partial charge in [0.1, 0.15) is 5.75 Å². The van der Waals surface area contributed by atoms with Gasteiger partial charge in [0.2, 0.25) is 11.7 Å². The van der Waals surface area contributed by atoms with E-state index in [-0.39, 0.29) is 17.4 Å². The molecule has 0 atom stereocenters. The number of hydrogen-bond donors (Lipinski definition) is 1. The molecule has 0 radical (unpaired) electrons. The zero-order chi connectivity index (χ0) is 13.0. The Hall–Kier alpha value is -2.92. The Morgan fingerprint density at radius 1 is 1.33 bits per heavy atom. The molecule has 0 amide bonds. The van der Waals surface area contributed by atoms with Crippen LogP contribution in [0.2, 0.25) is 0 Å². The standard InChI is InChI=1S/C11H7N3O4/c15-7-10-12-6-5-11(13-10)18-9-3-1-8(2-4-9)14(16)17/h1-6,13H. The van der Waals surface area contributed by atoms with E-state index >= 15 is 0 Å². The smallest absolute Gasteiger partial charge is 0.269 e. The largest absolute Gasteiger partial charge is 0.441 e. The van der Waals surface area contributed by atoms with Crippen LogP contribution in [0.3, 0.4) is 0 Å². The molecule has 0 aliphatic carbocycles. The van der Waals surface area contributed by atoms with E-state index in [0.29, 0.717) is 5.75 Å². The number of nitrogens with zero attached hydrogens (tertiary/aromatic N) is 2. The van der Waals surface area contributed by atoms with Crippen molar-refractivity contribution in [1.29, 1.82) is 0 Å². The van der Waals surface area contributed by atoms with Gasteiger partial charge in [-0.1, -0.05) is 0 Å². The molecule has 1 heterocycles. The number of hydrogen-bond acceptors (Lipinski definition) is 6. The second kappa shape index (κ2) is 4.94. The first-order valence-corrected chi connectivity index (χ1v) is 4.88. The summed E-state index contributed by atoms with van der Waals surface area (Å²) in [6.45, 7) is 0. The Kier molecular flexibility index (Phi) is 3.17. The van der Waals surface area contributed by atoms with E-state index in [4.69, 9.17) is 4.74 Å². The average Bonchev–Trinajstić information content (AvgIpc) is 2.39. The van der Waals surface area contributed by atoms with Gasteiger partial charge >= 0.3 is 0 Å². The fourth-order valence-electron chi connectivity index (χ4n) is 1.24. The van der Waals surface area contributed by atoms with Crippen molar-refractivity contribution in [3.05, 3.63) is 52.2 Å². The molecule has 2 rings (SSSR count). The molecule has 7 nitrogen and oxygen atoms in total. The lowest BCUT2D eigenvalue weighted by molar-refractivity contribution is -0.384. The quantitative estimate of drug-likeness (QED) is 0.490. The van der Waals surface area contributed by atoms with Gasteiger partial charge in [0.05, 0.1) is 4.92 Å². The molecular weight excluding hydrogens is 238 g/mol. The van der Waals surface area contributed by atoms with E-state index in [9.17, 15) is 14.9 Å². The van der Waals surface area contributed by atoms with Crippen molar-refractivity contribution in [2.24, 2.45) is 4.99 Å². The lowest BCUT2D eigenvalue weighted by Crippen LogP contribution is -2.19. The minimum Gasteiger partial charge on any atom is -0.441 e. The van der Waals surface area contributed by atoms with Gasteiger partial charge < -0.3 is 10.1 Å². The van der Waals surface area contributed by atoms with Crippen LogP contribution in [0.4, 0.5) is 5.69 Å². The third kappa shape index (κ3) is 2.60. The van der Waals surface area contributed by atoms with Crippen LogP contribution in [0.15, 0.2) is 47.0 Å². The highest BCUT2D eigenvalue weighted by Gasteiger charge is 2.08. The van der Waals surface area contributed by atoms with Gasteiger partial charge in [-0.3, -0.25) is 10.1 Å². The molecule has 0 saturated heterocycles. The zero-order valence-corrected chi connectivity index (χ0v) is 8.99. The van der Waals surface area contributed by atoms with Crippen LogP contribution in [0.25, 0.3) is 0 Å². The van der Waals surface area contributed by atoms with Crippen LogP contribution in [0.5, 0.6) is 5.75 Å². The van der Waals surface area contributed by atoms with E-state index < -0.39 is 4.92 Å². The highest BCUT2D eigenvalue weighted by molar-refractivity contribution is 5.76. The molecule has 0 fully saturated rings. The molecule has 18 heavy (non-hydrogen) atoms. The molecule has 1 aliphatic heterocycles. The Morgan fingerprint density at radius 2 is 2.06 bits per heavy atom. The summed E-state index contributed by atoms with van der Waals surface area (Å²) < 4.78 is 5.36. The minimum atomic E-state index is -0.498. The second-order valence-corrected chi connectivity index (χ2v) is 3.24. The first kappa shape index (κ1) is 11.6. The predicted molar refractivity (Wildman–Crippen MR) is 62.6 cm³/mol. The monoisotopic (exact) mass is 245 g/mol. The number of benzene rings is 1. The van der Waals surface area contributed by atoms with Gasteiger partial charge in [-0.05, 0) is 12.1 Å². The maximum atomic E-state index is 10.5. The van der Waals surface area contributed by atoms with Crippen molar-refractivity contribution >= 4 is 17.8 Å². The number of ether oxygens (including phenoxy) is 1.